The minimum absolute atomic E-state index is 0.345. The van der Waals surface area contributed by atoms with E-state index in [9.17, 15) is 0 Å². The van der Waals surface area contributed by atoms with Crippen molar-refractivity contribution in [3.63, 3.8) is 0 Å². The van der Waals surface area contributed by atoms with E-state index in [-0.39, 0.29) is 0 Å². The number of hydrogen-bond donors (Lipinski definition) is 1. The van der Waals surface area contributed by atoms with E-state index < -0.39 is 0 Å². The minimum Gasteiger partial charge on any atom is -0.311 e. The van der Waals surface area contributed by atoms with Crippen LogP contribution in [0.3, 0.4) is 0 Å². The third-order valence-electron chi connectivity index (χ3n) is 4.60. The van der Waals surface area contributed by atoms with Gasteiger partial charge in [0, 0.05) is 31.7 Å². The third kappa shape index (κ3) is 3.21. The lowest BCUT2D eigenvalue weighted by Crippen LogP contribution is -2.60. The first-order chi connectivity index (χ1) is 9.04. The lowest BCUT2D eigenvalue weighted by molar-refractivity contribution is 0.0450. The summed E-state index contributed by atoms with van der Waals surface area (Å²) in [6, 6.07) is 3.65. The summed E-state index contributed by atoms with van der Waals surface area (Å²) in [7, 11) is 0. The molecule has 2 fully saturated rings. The molecule has 0 bridgehead atoms. The van der Waals surface area contributed by atoms with Crippen LogP contribution in [-0.4, -0.2) is 30.1 Å². The van der Waals surface area contributed by atoms with Gasteiger partial charge in [-0.15, -0.1) is 0 Å². The zero-order chi connectivity index (χ0) is 13.5. The molecule has 2 atom stereocenters. The molecular weight excluding hydrogens is 252 g/mol. The molecule has 1 aliphatic carbocycles. The Hall–Kier alpha value is -0.380. The van der Waals surface area contributed by atoms with Gasteiger partial charge in [0.1, 0.15) is 0 Å². The molecule has 2 unspecified atom stereocenters. The molecule has 0 spiro atoms. The predicted octanol–water partition coefficient (Wildman–Crippen LogP) is 3.35. The van der Waals surface area contributed by atoms with E-state index in [1.165, 1.54) is 24.9 Å². The molecular formula is C16H26N2S. The van der Waals surface area contributed by atoms with Crippen LogP contribution in [-0.2, 0) is 6.54 Å². The first-order valence-corrected chi connectivity index (χ1v) is 8.47. The van der Waals surface area contributed by atoms with E-state index in [0.29, 0.717) is 11.5 Å². The molecule has 3 heteroatoms. The molecule has 1 N–H and O–H groups in total. The van der Waals surface area contributed by atoms with Crippen LogP contribution >= 0.6 is 11.3 Å². The van der Waals surface area contributed by atoms with Crippen molar-refractivity contribution < 1.29 is 0 Å². The van der Waals surface area contributed by atoms with Crippen molar-refractivity contribution in [1.82, 2.24) is 10.2 Å². The van der Waals surface area contributed by atoms with Gasteiger partial charge in [-0.2, -0.15) is 11.3 Å². The molecule has 0 radical (unpaired) electrons. The molecule has 1 aromatic heterocycles. The van der Waals surface area contributed by atoms with Gasteiger partial charge in [0.2, 0.25) is 0 Å². The number of nitrogens with zero attached hydrogens (tertiary/aromatic N) is 1. The molecule has 2 heterocycles. The summed E-state index contributed by atoms with van der Waals surface area (Å²) in [6.45, 7) is 10.6. The zero-order valence-corrected chi connectivity index (χ0v) is 13.2. The SMILES string of the molecule is CC(C)(C)C1CNC(C2CC2)CN1Cc1ccsc1. The Labute approximate surface area is 121 Å². The average Bonchev–Trinajstić information content (AvgIpc) is 3.07. The highest BCUT2D eigenvalue weighted by Crippen LogP contribution is 2.36. The lowest BCUT2D eigenvalue weighted by Gasteiger charge is -2.46. The predicted molar refractivity (Wildman–Crippen MR) is 82.5 cm³/mol. The zero-order valence-electron chi connectivity index (χ0n) is 12.4. The summed E-state index contributed by atoms with van der Waals surface area (Å²) < 4.78 is 0. The van der Waals surface area contributed by atoms with Crippen LogP contribution in [0, 0.1) is 11.3 Å². The topological polar surface area (TPSA) is 15.3 Å². The molecule has 1 saturated carbocycles. The number of piperazine rings is 1. The van der Waals surface area contributed by atoms with Crippen molar-refractivity contribution in [2.75, 3.05) is 13.1 Å². The van der Waals surface area contributed by atoms with Gasteiger partial charge in [0.15, 0.2) is 0 Å². The van der Waals surface area contributed by atoms with Crippen LogP contribution in [0.2, 0.25) is 0 Å². The summed E-state index contributed by atoms with van der Waals surface area (Å²) >= 11 is 1.81. The number of rotatable bonds is 3. The largest absolute Gasteiger partial charge is 0.311 e. The Kier molecular flexibility index (Phi) is 3.71. The molecule has 0 aromatic carbocycles. The molecule has 2 aliphatic rings. The fraction of sp³-hybridized carbons (Fsp3) is 0.750. The van der Waals surface area contributed by atoms with E-state index >= 15 is 0 Å². The van der Waals surface area contributed by atoms with Crippen LogP contribution in [0.1, 0.15) is 39.2 Å². The first-order valence-electron chi connectivity index (χ1n) is 7.52. The van der Waals surface area contributed by atoms with Gasteiger partial charge in [-0.05, 0) is 46.6 Å². The Balaban J connectivity index is 1.72. The lowest BCUT2D eigenvalue weighted by atomic mass is 9.83. The van der Waals surface area contributed by atoms with Crippen molar-refractivity contribution in [3.05, 3.63) is 22.4 Å². The second kappa shape index (κ2) is 5.19. The van der Waals surface area contributed by atoms with Gasteiger partial charge in [0.25, 0.3) is 0 Å². The molecule has 1 saturated heterocycles. The Bertz CT molecular complexity index is 403. The monoisotopic (exact) mass is 278 g/mol. The minimum atomic E-state index is 0.345. The van der Waals surface area contributed by atoms with E-state index in [4.69, 9.17) is 0 Å². The fourth-order valence-electron chi connectivity index (χ4n) is 3.30. The molecule has 1 aromatic rings. The molecule has 0 amide bonds. The van der Waals surface area contributed by atoms with Crippen molar-refractivity contribution in [3.8, 4) is 0 Å². The van der Waals surface area contributed by atoms with Gasteiger partial charge >= 0.3 is 0 Å². The van der Waals surface area contributed by atoms with Gasteiger partial charge in [0.05, 0.1) is 0 Å². The maximum absolute atomic E-state index is 3.81. The highest BCUT2D eigenvalue weighted by atomic mass is 32.1. The maximum Gasteiger partial charge on any atom is 0.0273 e. The Morgan fingerprint density at radius 3 is 2.74 bits per heavy atom. The standard InChI is InChI=1S/C16H26N2S/c1-16(2,3)15-8-17-14(13-4-5-13)10-18(15)9-12-6-7-19-11-12/h6-7,11,13-15,17H,4-5,8-10H2,1-3H3. The second-order valence-corrected chi connectivity index (χ2v) is 8.08. The van der Waals surface area contributed by atoms with Crippen molar-refractivity contribution in [2.45, 2.75) is 52.2 Å². The van der Waals surface area contributed by atoms with Gasteiger partial charge in [-0.3, -0.25) is 4.90 Å². The molecule has 106 valence electrons. The Morgan fingerprint density at radius 1 is 1.37 bits per heavy atom. The fourth-order valence-corrected chi connectivity index (χ4v) is 3.96. The molecule has 1 aliphatic heterocycles. The summed E-state index contributed by atoms with van der Waals surface area (Å²) in [5.41, 5.74) is 1.83. The molecule has 19 heavy (non-hydrogen) atoms. The highest BCUT2D eigenvalue weighted by Gasteiger charge is 2.40. The summed E-state index contributed by atoms with van der Waals surface area (Å²) in [4.78, 5) is 2.72. The van der Waals surface area contributed by atoms with Crippen LogP contribution in [0.15, 0.2) is 16.8 Å². The summed E-state index contributed by atoms with van der Waals surface area (Å²) in [5, 5.41) is 8.30. The van der Waals surface area contributed by atoms with Crippen LogP contribution < -0.4 is 5.32 Å². The third-order valence-corrected chi connectivity index (χ3v) is 5.33. The maximum atomic E-state index is 3.81. The first kappa shape index (κ1) is 13.6. The smallest absolute Gasteiger partial charge is 0.0273 e. The highest BCUT2D eigenvalue weighted by molar-refractivity contribution is 7.07. The Morgan fingerprint density at radius 2 is 2.16 bits per heavy atom. The summed E-state index contributed by atoms with van der Waals surface area (Å²) in [5.74, 6) is 0.950. The van der Waals surface area contributed by atoms with E-state index in [1.807, 2.05) is 11.3 Å². The summed E-state index contributed by atoms with van der Waals surface area (Å²) in [6.07, 6.45) is 2.87. The van der Waals surface area contributed by atoms with Gasteiger partial charge in [-0.1, -0.05) is 20.8 Å². The number of hydrogen-bond acceptors (Lipinski definition) is 3. The van der Waals surface area contributed by atoms with Crippen molar-refractivity contribution in [2.24, 2.45) is 11.3 Å². The molecule has 2 nitrogen and oxygen atoms in total. The van der Waals surface area contributed by atoms with Crippen molar-refractivity contribution in [1.29, 1.82) is 0 Å². The van der Waals surface area contributed by atoms with Gasteiger partial charge in [-0.25, -0.2) is 0 Å². The van der Waals surface area contributed by atoms with E-state index in [0.717, 1.165) is 25.0 Å². The van der Waals surface area contributed by atoms with E-state index in [1.54, 1.807) is 0 Å². The number of thiophene rings is 1. The number of nitrogens with one attached hydrogen (secondary N) is 1. The van der Waals surface area contributed by atoms with Gasteiger partial charge < -0.3 is 5.32 Å². The van der Waals surface area contributed by atoms with Crippen LogP contribution in [0.25, 0.3) is 0 Å². The average molecular weight is 278 g/mol. The van der Waals surface area contributed by atoms with Crippen LogP contribution in [0.4, 0.5) is 0 Å². The van der Waals surface area contributed by atoms with E-state index in [2.05, 4.69) is 47.8 Å². The van der Waals surface area contributed by atoms with Crippen LogP contribution in [0.5, 0.6) is 0 Å². The normalized spacial score (nSPS) is 29.6. The second-order valence-electron chi connectivity index (χ2n) is 7.30. The van der Waals surface area contributed by atoms with Crippen molar-refractivity contribution >= 4 is 11.3 Å². The molecule has 3 rings (SSSR count). The quantitative estimate of drug-likeness (QED) is 0.912.